The molecule has 0 aliphatic heterocycles. The van der Waals surface area contributed by atoms with Gasteiger partial charge >= 0.3 is 0 Å². The van der Waals surface area contributed by atoms with Crippen LogP contribution in [0.3, 0.4) is 0 Å². The summed E-state index contributed by atoms with van der Waals surface area (Å²) in [6.45, 7) is 3.93. The van der Waals surface area contributed by atoms with Crippen LogP contribution in [0.5, 0.6) is 5.75 Å². The van der Waals surface area contributed by atoms with E-state index in [-0.39, 0.29) is 11.8 Å². The number of amides is 1. The molecule has 4 N–H and O–H groups in total. The van der Waals surface area contributed by atoms with Crippen LogP contribution in [-0.4, -0.2) is 11.0 Å². The standard InChI is InChI=1S/C16H18N2O2/c1-10-6-7-15(19)14(8-10)11(2)18-13-5-3-4-12(9-13)16(17)20/h3-9,11,18-19H,1-2H3,(H2,17,20). The molecule has 0 aromatic heterocycles. The maximum atomic E-state index is 11.2. The van der Waals surface area contributed by atoms with E-state index in [4.69, 9.17) is 5.73 Å². The molecule has 2 aromatic carbocycles. The van der Waals surface area contributed by atoms with Gasteiger partial charge in [-0.05, 0) is 38.1 Å². The fourth-order valence-electron chi connectivity index (χ4n) is 2.11. The summed E-state index contributed by atoms with van der Waals surface area (Å²) >= 11 is 0. The van der Waals surface area contributed by atoms with Crippen molar-refractivity contribution in [2.75, 3.05) is 5.32 Å². The number of phenolic OH excluding ortho intramolecular Hbond substituents is 1. The Morgan fingerprint density at radius 1 is 1.25 bits per heavy atom. The molecule has 0 fully saturated rings. The Balaban J connectivity index is 2.23. The fraction of sp³-hybridized carbons (Fsp3) is 0.188. The van der Waals surface area contributed by atoms with Gasteiger partial charge in [0.25, 0.3) is 0 Å². The number of hydrogen-bond donors (Lipinski definition) is 3. The molecule has 1 unspecified atom stereocenters. The lowest BCUT2D eigenvalue weighted by Crippen LogP contribution is -2.12. The Morgan fingerprint density at radius 2 is 2.00 bits per heavy atom. The number of anilines is 1. The third kappa shape index (κ3) is 3.09. The minimum Gasteiger partial charge on any atom is -0.508 e. The maximum absolute atomic E-state index is 11.2. The van der Waals surface area contributed by atoms with Crippen molar-refractivity contribution in [3.63, 3.8) is 0 Å². The minimum absolute atomic E-state index is 0.0852. The average molecular weight is 270 g/mol. The van der Waals surface area contributed by atoms with Crippen LogP contribution in [0.25, 0.3) is 0 Å². The molecule has 0 radical (unpaired) electrons. The number of benzene rings is 2. The second kappa shape index (κ2) is 5.65. The van der Waals surface area contributed by atoms with Gasteiger partial charge in [-0.2, -0.15) is 0 Å². The molecule has 2 aromatic rings. The van der Waals surface area contributed by atoms with Gasteiger partial charge in [0.2, 0.25) is 5.91 Å². The largest absolute Gasteiger partial charge is 0.508 e. The minimum atomic E-state index is -0.459. The zero-order valence-corrected chi connectivity index (χ0v) is 11.6. The molecule has 0 saturated heterocycles. The lowest BCUT2D eigenvalue weighted by atomic mass is 10.0. The summed E-state index contributed by atoms with van der Waals surface area (Å²) in [6, 6.07) is 12.4. The smallest absolute Gasteiger partial charge is 0.248 e. The fourth-order valence-corrected chi connectivity index (χ4v) is 2.11. The quantitative estimate of drug-likeness (QED) is 0.799. The van der Waals surface area contributed by atoms with Gasteiger partial charge in [0.1, 0.15) is 5.75 Å². The normalized spacial score (nSPS) is 11.9. The van der Waals surface area contributed by atoms with Crippen LogP contribution in [0.1, 0.15) is 34.5 Å². The van der Waals surface area contributed by atoms with Crippen LogP contribution >= 0.6 is 0 Å². The molecule has 1 atom stereocenters. The summed E-state index contributed by atoms with van der Waals surface area (Å²) in [4.78, 5) is 11.2. The van der Waals surface area contributed by atoms with Gasteiger partial charge in [-0.3, -0.25) is 4.79 Å². The van der Waals surface area contributed by atoms with E-state index in [0.717, 1.165) is 16.8 Å². The van der Waals surface area contributed by atoms with Gasteiger partial charge in [0.05, 0.1) is 6.04 Å². The van der Waals surface area contributed by atoms with Crippen molar-refractivity contribution in [1.82, 2.24) is 0 Å². The number of rotatable bonds is 4. The summed E-state index contributed by atoms with van der Waals surface area (Å²) in [7, 11) is 0. The number of nitrogens with two attached hydrogens (primary N) is 1. The van der Waals surface area contributed by atoms with Gasteiger partial charge < -0.3 is 16.2 Å². The van der Waals surface area contributed by atoms with Gasteiger partial charge in [-0.25, -0.2) is 0 Å². The highest BCUT2D eigenvalue weighted by molar-refractivity contribution is 5.93. The highest BCUT2D eigenvalue weighted by atomic mass is 16.3. The first-order valence-electron chi connectivity index (χ1n) is 6.43. The van der Waals surface area contributed by atoms with E-state index in [1.54, 1.807) is 24.3 Å². The number of carbonyl (C=O) groups is 1. The molecule has 1 amide bonds. The van der Waals surface area contributed by atoms with E-state index in [0.29, 0.717) is 5.56 Å². The first-order valence-corrected chi connectivity index (χ1v) is 6.43. The molecule has 0 bridgehead atoms. The summed E-state index contributed by atoms with van der Waals surface area (Å²) in [5, 5.41) is 13.2. The predicted molar refractivity (Wildman–Crippen MR) is 79.8 cm³/mol. The van der Waals surface area contributed by atoms with Crippen molar-refractivity contribution in [3.8, 4) is 5.75 Å². The highest BCUT2D eigenvalue weighted by Crippen LogP contribution is 2.28. The molecular formula is C16H18N2O2. The van der Waals surface area contributed by atoms with E-state index in [2.05, 4.69) is 5.32 Å². The number of hydrogen-bond acceptors (Lipinski definition) is 3. The van der Waals surface area contributed by atoms with Crippen molar-refractivity contribution in [1.29, 1.82) is 0 Å². The highest BCUT2D eigenvalue weighted by Gasteiger charge is 2.11. The second-order valence-electron chi connectivity index (χ2n) is 4.87. The third-order valence-corrected chi connectivity index (χ3v) is 3.18. The molecule has 0 aliphatic rings. The van der Waals surface area contributed by atoms with Crippen molar-refractivity contribution < 1.29 is 9.90 Å². The lowest BCUT2D eigenvalue weighted by Gasteiger charge is -2.18. The molecular weight excluding hydrogens is 252 g/mol. The van der Waals surface area contributed by atoms with Crippen LogP contribution in [0, 0.1) is 6.92 Å². The number of carbonyl (C=O) groups excluding carboxylic acids is 1. The van der Waals surface area contributed by atoms with Gasteiger partial charge in [-0.15, -0.1) is 0 Å². The summed E-state index contributed by atoms with van der Waals surface area (Å²) in [5.41, 5.74) is 8.40. The van der Waals surface area contributed by atoms with E-state index in [1.807, 2.05) is 32.0 Å². The topological polar surface area (TPSA) is 75.3 Å². The monoisotopic (exact) mass is 270 g/mol. The molecule has 4 nitrogen and oxygen atoms in total. The SMILES string of the molecule is Cc1ccc(O)c(C(C)Nc2cccc(C(N)=O)c2)c1. The first-order chi connectivity index (χ1) is 9.47. The lowest BCUT2D eigenvalue weighted by molar-refractivity contribution is 0.100. The van der Waals surface area contributed by atoms with Gasteiger partial charge in [0.15, 0.2) is 0 Å². The van der Waals surface area contributed by atoms with Crippen LogP contribution < -0.4 is 11.1 Å². The Morgan fingerprint density at radius 3 is 2.70 bits per heavy atom. The number of aromatic hydroxyl groups is 1. The van der Waals surface area contributed by atoms with Gasteiger partial charge in [-0.1, -0.05) is 23.8 Å². The Kier molecular flexibility index (Phi) is 3.94. The predicted octanol–water partition coefficient (Wildman–Crippen LogP) is 2.97. The van der Waals surface area contributed by atoms with Crippen molar-refractivity contribution in [2.24, 2.45) is 5.73 Å². The van der Waals surface area contributed by atoms with E-state index >= 15 is 0 Å². The first kappa shape index (κ1) is 13.9. The van der Waals surface area contributed by atoms with Crippen molar-refractivity contribution >= 4 is 11.6 Å². The Hall–Kier alpha value is -2.49. The zero-order valence-electron chi connectivity index (χ0n) is 11.6. The number of phenols is 1. The zero-order chi connectivity index (χ0) is 14.7. The molecule has 0 heterocycles. The van der Waals surface area contributed by atoms with Crippen LogP contribution in [0.2, 0.25) is 0 Å². The Labute approximate surface area is 118 Å². The summed E-state index contributed by atoms with van der Waals surface area (Å²) < 4.78 is 0. The van der Waals surface area contributed by atoms with E-state index < -0.39 is 5.91 Å². The molecule has 0 spiro atoms. The van der Waals surface area contributed by atoms with Crippen molar-refractivity contribution in [3.05, 3.63) is 59.2 Å². The van der Waals surface area contributed by atoms with E-state index in [9.17, 15) is 9.90 Å². The number of aryl methyl sites for hydroxylation is 1. The second-order valence-corrected chi connectivity index (χ2v) is 4.87. The summed E-state index contributed by atoms with van der Waals surface area (Å²) in [5.74, 6) is -0.207. The number of primary amides is 1. The van der Waals surface area contributed by atoms with Crippen LogP contribution in [0.15, 0.2) is 42.5 Å². The molecule has 104 valence electrons. The average Bonchev–Trinajstić information content (AvgIpc) is 2.41. The third-order valence-electron chi connectivity index (χ3n) is 3.18. The van der Waals surface area contributed by atoms with Crippen LogP contribution in [0.4, 0.5) is 5.69 Å². The molecule has 0 aliphatic carbocycles. The van der Waals surface area contributed by atoms with Crippen LogP contribution in [-0.2, 0) is 0 Å². The molecule has 2 rings (SSSR count). The summed E-state index contributed by atoms with van der Waals surface area (Å²) in [6.07, 6.45) is 0. The number of nitrogens with one attached hydrogen (secondary N) is 1. The van der Waals surface area contributed by atoms with Gasteiger partial charge in [0, 0.05) is 16.8 Å². The van der Waals surface area contributed by atoms with E-state index in [1.165, 1.54) is 0 Å². The molecule has 20 heavy (non-hydrogen) atoms. The molecule has 4 heteroatoms. The van der Waals surface area contributed by atoms with Crippen molar-refractivity contribution in [2.45, 2.75) is 19.9 Å². The Bertz CT molecular complexity index is 638. The molecule has 0 saturated carbocycles. The maximum Gasteiger partial charge on any atom is 0.248 e.